The van der Waals surface area contributed by atoms with Crippen molar-refractivity contribution in [1.29, 1.82) is 0 Å². The van der Waals surface area contributed by atoms with Crippen LogP contribution < -0.4 is 16.4 Å². The second-order valence-electron chi connectivity index (χ2n) is 3.42. The first-order valence-corrected chi connectivity index (χ1v) is 4.65. The number of hydrogen-bond donors (Lipinski definition) is 2. The van der Waals surface area contributed by atoms with Crippen molar-refractivity contribution >= 4 is 11.7 Å². The van der Waals surface area contributed by atoms with Gasteiger partial charge < -0.3 is 15.3 Å². The van der Waals surface area contributed by atoms with Crippen LogP contribution in [-0.2, 0) is 9.63 Å². The van der Waals surface area contributed by atoms with Crippen molar-refractivity contribution in [3.05, 3.63) is 23.8 Å². The molecule has 1 heterocycles. The molecular weight excluding hydrogens is 196 g/mol. The van der Waals surface area contributed by atoms with Gasteiger partial charge >= 0.3 is 5.97 Å². The molecule has 0 spiro atoms. The monoisotopic (exact) mass is 208 g/mol. The Bertz CT molecular complexity index is 392. The van der Waals surface area contributed by atoms with Crippen molar-refractivity contribution in [2.75, 3.05) is 12.3 Å². The van der Waals surface area contributed by atoms with Gasteiger partial charge in [0.15, 0.2) is 0 Å². The third-order valence-corrected chi connectivity index (χ3v) is 2.47. The van der Waals surface area contributed by atoms with Gasteiger partial charge in [-0.3, -0.25) is 0 Å². The van der Waals surface area contributed by atoms with Crippen LogP contribution in [0.25, 0.3) is 0 Å². The standard InChI is InChI=1S/C10H12N2O3/c11-6-1-2-9-8(5-6)7(3-4-14-9)10(13)15-12/h1-2,5,7H,3-4,11-12H2. The fourth-order valence-corrected chi connectivity index (χ4v) is 1.74. The van der Waals surface area contributed by atoms with Gasteiger partial charge in [-0.15, -0.1) is 0 Å². The van der Waals surface area contributed by atoms with Crippen LogP contribution >= 0.6 is 0 Å². The zero-order valence-electron chi connectivity index (χ0n) is 8.10. The Balaban J connectivity index is 2.40. The summed E-state index contributed by atoms with van der Waals surface area (Å²) in [5.41, 5.74) is 6.99. The molecule has 15 heavy (non-hydrogen) atoms. The molecule has 1 aromatic rings. The zero-order chi connectivity index (χ0) is 10.8. The summed E-state index contributed by atoms with van der Waals surface area (Å²) < 4.78 is 5.40. The van der Waals surface area contributed by atoms with Crippen molar-refractivity contribution in [3.63, 3.8) is 0 Å². The normalized spacial score (nSPS) is 18.9. The van der Waals surface area contributed by atoms with Crippen LogP contribution in [0.1, 0.15) is 17.9 Å². The number of benzene rings is 1. The topological polar surface area (TPSA) is 87.6 Å². The zero-order valence-corrected chi connectivity index (χ0v) is 8.10. The average Bonchev–Trinajstić information content (AvgIpc) is 2.27. The Kier molecular flexibility index (Phi) is 2.47. The van der Waals surface area contributed by atoms with Crippen molar-refractivity contribution < 1.29 is 14.4 Å². The van der Waals surface area contributed by atoms with E-state index in [-0.39, 0.29) is 5.92 Å². The highest BCUT2D eigenvalue weighted by molar-refractivity contribution is 5.79. The fourth-order valence-electron chi connectivity index (χ4n) is 1.74. The van der Waals surface area contributed by atoms with Gasteiger partial charge in [-0.1, -0.05) is 0 Å². The highest BCUT2D eigenvalue weighted by atomic mass is 16.7. The highest BCUT2D eigenvalue weighted by Gasteiger charge is 2.28. The number of nitrogens with two attached hydrogens (primary N) is 2. The molecule has 0 radical (unpaired) electrons. The quantitative estimate of drug-likeness (QED) is 0.520. The van der Waals surface area contributed by atoms with E-state index in [1.54, 1.807) is 18.2 Å². The molecule has 1 atom stereocenters. The summed E-state index contributed by atoms with van der Waals surface area (Å²) in [6, 6.07) is 5.20. The maximum atomic E-state index is 11.4. The predicted octanol–water partition coefficient (Wildman–Crippen LogP) is 0.552. The molecule has 0 fully saturated rings. The van der Waals surface area contributed by atoms with Gasteiger partial charge in [-0.2, -0.15) is 5.90 Å². The molecule has 4 N–H and O–H groups in total. The van der Waals surface area contributed by atoms with Crippen LogP contribution in [0.3, 0.4) is 0 Å². The third-order valence-electron chi connectivity index (χ3n) is 2.47. The number of carbonyl (C=O) groups excluding carboxylic acids is 1. The predicted molar refractivity (Wildman–Crippen MR) is 54.0 cm³/mol. The number of nitrogen functional groups attached to an aromatic ring is 1. The van der Waals surface area contributed by atoms with E-state index in [0.717, 1.165) is 5.56 Å². The maximum absolute atomic E-state index is 11.4. The number of ether oxygens (including phenoxy) is 1. The lowest BCUT2D eigenvalue weighted by molar-refractivity contribution is -0.146. The number of rotatable bonds is 1. The van der Waals surface area contributed by atoms with Crippen molar-refractivity contribution in [2.45, 2.75) is 12.3 Å². The summed E-state index contributed by atoms with van der Waals surface area (Å²) in [5.74, 6) is 4.72. The lowest BCUT2D eigenvalue weighted by Gasteiger charge is -2.23. The Hall–Kier alpha value is -1.75. The molecule has 0 bridgehead atoms. The minimum atomic E-state index is -0.454. The molecule has 1 aromatic carbocycles. The lowest BCUT2D eigenvalue weighted by Crippen LogP contribution is -2.25. The molecule has 0 saturated carbocycles. The third kappa shape index (κ3) is 1.73. The number of carbonyl (C=O) groups is 1. The summed E-state index contributed by atoms with van der Waals surface area (Å²) in [6.45, 7) is 0.483. The first kappa shape index (κ1) is 9.79. The van der Waals surface area contributed by atoms with Gasteiger partial charge in [0.25, 0.3) is 0 Å². The Morgan fingerprint density at radius 2 is 2.33 bits per heavy atom. The highest BCUT2D eigenvalue weighted by Crippen LogP contribution is 2.35. The Morgan fingerprint density at radius 1 is 1.53 bits per heavy atom. The minimum Gasteiger partial charge on any atom is -0.493 e. The molecule has 0 aliphatic carbocycles. The van der Waals surface area contributed by atoms with Crippen molar-refractivity contribution in [2.24, 2.45) is 5.90 Å². The second-order valence-corrected chi connectivity index (χ2v) is 3.42. The molecule has 0 amide bonds. The van der Waals surface area contributed by atoms with E-state index >= 15 is 0 Å². The number of hydrogen-bond acceptors (Lipinski definition) is 5. The van der Waals surface area contributed by atoms with E-state index < -0.39 is 5.97 Å². The van der Waals surface area contributed by atoms with Crippen LogP contribution in [0.15, 0.2) is 18.2 Å². The summed E-state index contributed by atoms with van der Waals surface area (Å²) in [7, 11) is 0. The van der Waals surface area contributed by atoms with Gasteiger partial charge in [0.05, 0.1) is 12.5 Å². The van der Waals surface area contributed by atoms with E-state index in [0.29, 0.717) is 24.5 Å². The van der Waals surface area contributed by atoms with Gasteiger partial charge in [-0.25, -0.2) is 4.79 Å². The largest absolute Gasteiger partial charge is 0.493 e. The Labute approximate surface area is 86.9 Å². The lowest BCUT2D eigenvalue weighted by atomic mass is 9.93. The molecule has 5 heteroatoms. The van der Waals surface area contributed by atoms with Crippen LogP contribution in [-0.4, -0.2) is 12.6 Å². The van der Waals surface area contributed by atoms with Crippen LogP contribution in [0.5, 0.6) is 5.75 Å². The molecule has 80 valence electrons. The van der Waals surface area contributed by atoms with Crippen LogP contribution in [0.2, 0.25) is 0 Å². The molecule has 5 nitrogen and oxygen atoms in total. The van der Waals surface area contributed by atoms with Crippen LogP contribution in [0, 0.1) is 0 Å². The Morgan fingerprint density at radius 3 is 3.07 bits per heavy atom. The van der Waals surface area contributed by atoms with E-state index in [2.05, 4.69) is 4.84 Å². The maximum Gasteiger partial charge on any atom is 0.332 e. The molecule has 1 unspecified atom stereocenters. The first-order valence-electron chi connectivity index (χ1n) is 4.65. The van der Waals surface area contributed by atoms with Crippen molar-refractivity contribution in [1.82, 2.24) is 0 Å². The molecule has 1 aliphatic rings. The summed E-state index contributed by atoms with van der Waals surface area (Å²) in [4.78, 5) is 15.6. The van der Waals surface area contributed by atoms with E-state index in [4.69, 9.17) is 16.4 Å². The van der Waals surface area contributed by atoms with Crippen LogP contribution in [0.4, 0.5) is 5.69 Å². The molecule has 0 aromatic heterocycles. The molecule has 2 rings (SSSR count). The van der Waals surface area contributed by atoms with E-state index in [1.165, 1.54) is 0 Å². The fraction of sp³-hybridized carbons (Fsp3) is 0.300. The second kappa shape index (κ2) is 3.78. The van der Waals surface area contributed by atoms with E-state index in [1.807, 2.05) is 0 Å². The minimum absolute atomic E-state index is 0.373. The van der Waals surface area contributed by atoms with Gasteiger partial charge in [-0.05, 0) is 24.6 Å². The van der Waals surface area contributed by atoms with Crippen molar-refractivity contribution in [3.8, 4) is 5.75 Å². The summed E-state index contributed by atoms with van der Waals surface area (Å²) >= 11 is 0. The molecular formula is C10H12N2O3. The summed E-state index contributed by atoms with van der Waals surface area (Å²) in [6.07, 6.45) is 0.562. The van der Waals surface area contributed by atoms with Gasteiger partial charge in [0.2, 0.25) is 0 Å². The average molecular weight is 208 g/mol. The van der Waals surface area contributed by atoms with Gasteiger partial charge in [0, 0.05) is 11.3 Å². The number of anilines is 1. The smallest absolute Gasteiger partial charge is 0.332 e. The SMILES string of the molecule is NOC(=O)C1CCOc2ccc(N)cc21. The summed E-state index contributed by atoms with van der Waals surface area (Å²) in [5, 5.41) is 0. The first-order chi connectivity index (χ1) is 7.22. The number of fused-ring (bicyclic) bond motifs is 1. The molecule has 1 aliphatic heterocycles. The van der Waals surface area contributed by atoms with E-state index in [9.17, 15) is 4.79 Å². The van der Waals surface area contributed by atoms with Gasteiger partial charge in [0.1, 0.15) is 5.75 Å². The molecule has 0 saturated heterocycles.